The van der Waals surface area contributed by atoms with Crippen molar-refractivity contribution in [2.75, 3.05) is 11.4 Å². The molecule has 4 aliphatic carbocycles. The van der Waals surface area contributed by atoms with E-state index in [9.17, 15) is 19.4 Å². The van der Waals surface area contributed by atoms with Crippen LogP contribution in [0, 0.1) is 59.1 Å². The number of hydrogen-bond donors (Lipinski definition) is 2. The summed E-state index contributed by atoms with van der Waals surface area (Å²) in [6, 6.07) is 3.43. The van der Waals surface area contributed by atoms with E-state index in [-0.39, 0.29) is 34.8 Å². The summed E-state index contributed by atoms with van der Waals surface area (Å²) < 4.78 is 14.2. The van der Waals surface area contributed by atoms with Gasteiger partial charge in [0.2, 0.25) is 5.91 Å². The number of carbonyl (C=O) groups excluding carboxylic acids is 1. The van der Waals surface area contributed by atoms with Gasteiger partial charge in [0, 0.05) is 18.7 Å². The lowest BCUT2D eigenvalue weighted by atomic mass is 9.43. The molecule has 4 nitrogen and oxygen atoms in total. The van der Waals surface area contributed by atoms with Crippen molar-refractivity contribution < 1.29 is 19.4 Å². The molecule has 5 aliphatic rings. The number of rotatable bonds is 4. The van der Waals surface area contributed by atoms with Crippen molar-refractivity contribution in [3.63, 3.8) is 0 Å². The zero-order chi connectivity index (χ0) is 27.0. The van der Waals surface area contributed by atoms with Crippen molar-refractivity contribution in [3.8, 4) is 0 Å². The van der Waals surface area contributed by atoms with Crippen LogP contribution in [0.5, 0.6) is 0 Å². The molecule has 38 heavy (non-hydrogen) atoms. The fourth-order valence-electron chi connectivity index (χ4n) is 10.6. The van der Waals surface area contributed by atoms with E-state index in [1.54, 1.807) is 17.9 Å². The number of aliphatic hydroxyl groups excluding tert-OH is 2. The summed E-state index contributed by atoms with van der Waals surface area (Å²) in [5.74, 6) is 3.07. The first-order valence-corrected chi connectivity index (χ1v) is 15.5. The molecule has 4 fully saturated rings. The molecule has 1 aromatic carbocycles. The van der Waals surface area contributed by atoms with E-state index in [1.807, 2.05) is 6.07 Å². The van der Waals surface area contributed by atoms with Gasteiger partial charge in [-0.1, -0.05) is 26.8 Å². The summed E-state index contributed by atoms with van der Waals surface area (Å²) in [5.41, 5.74) is 2.65. The number of aryl methyl sites for hydroxylation is 1. The highest BCUT2D eigenvalue weighted by Crippen LogP contribution is 2.68. The van der Waals surface area contributed by atoms with Crippen LogP contribution in [-0.4, -0.2) is 34.9 Å². The molecule has 5 heteroatoms. The van der Waals surface area contributed by atoms with Crippen LogP contribution in [0.4, 0.5) is 10.1 Å². The highest BCUT2D eigenvalue weighted by Gasteiger charge is 2.63. The molecule has 0 aromatic heterocycles. The minimum absolute atomic E-state index is 0.0814. The summed E-state index contributed by atoms with van der Waals surface area (Å²) in [6.45, 7) is 9.57. The number of fused-ring (bicyclic) bond motifs is 6. The number of nitrogens with zero attached hydrogens (tertiary/aromatic N) is 1. The Kier molecular flexibility index (Phi) is 6.74. The highest BCUT2D eigenvalue weighted by molar-refractivity contribution is 5.95. The first-order chi connectivity index (χ1) is 18.0. The molecule has 1 aromatic rings. The van der Waals surface area contributed by atoms with Crippen molar-refractivity contribution in [2.24, 2.45) is 46.3 Å². The smallest absolute Gasteiger partial charge is 0.227 e. The van der Waals surface area contributed by atoms with Crippen molar-refractivity contribution in [1.29, 1.82) is 0 Å². The van der Waals surface area contributed by atoms with E-state index in [4.69, 9.17) is 0 Å². The number of anilines is 1. The predicted octanol–water partition coefficient (Wildman–Crippen LogP) is 6.43. The van der Waals surface area contributed by atoms with Gasteiger partial charge in [0.1, 0.15) is 5.82 Å². The van der Waals surface area contributed by atoms with E-state index < -0.39 is 0 Å². The molecule has 210 valence electrons. The van der Waals surface area contributed by atoms with E-state index in [2.05, 4.69) is 20.8 Å². The number of aliphatic hydroxyl groups is 2. The van der Waals surface area contributed by atoms with Crippen molar-refractivity contribution in [2.45, 2.75) is 111 Å². The molecule has 0 unspecified atom stereocenters. The van der Waals surface area contributed by atoms with Gasteiger partial charge in [-0.2, -0.15) is 0 Å². The third-order valence-electron chi connectivity index (χ3n) is 12.9. The van der Waals surface area contributed by atoms with Crippen LogP contribution in [0.25, 0.3) is 0 Å². The third-order valence-corrected chi connectivity index (χ3v) is 12.9. The molecule has 4 saturated carbocycles. The summed E-state index contributed by atoms with van der Waals surface area (Å²) in [5, 5.41) is 22.1. The number of carbonyl (C=O) groups is 1. The standard InChI is InChI=1S/C33H48FNO3/c1-19(5-10-31(38)35-14-12-21-15-20(2)28(34)18-29(21)35)25-8-9-26-24-7-6-22-16-23(36)11-13-32(22,3)27(24)17-30(37)33(25,26)4/h15,18-19,22-27,30,36-37H,5-14,16-17H2,1-4H3/t19-,22-,23-,24+,25-,26+,27+,30+,32+,33-/m1/s1. The number of hydrogen-bond acceptors (Lipinski definition) is 3. The molecular formula is C33H48FNO3. The first kappa shape index (κ1) is 26.7. The average Bonchev–Trinajstić information content (AvgIpc) is 3.45. The molecule has 6 rings (SSSR count). The summed E-state index contributed by atoms with van der Waals surface area (Å²) in [6.07, 6.45) is 10.3. The van der Waals surface area contributed by atoms with E-state index in [0.29, 0.717) is 54.0 Å². The molecule has 0 spiro atoms. The topological polar surface area (TPSA) is 60.8 Å². The average molecular weight is 526 g/mol. The summed E-state index contributed by atoms with van der Waals surface area (Å²) in [4.78, 5) is 15.1. The van der Waals surface area contributed by atoms with Gasteiger partial charge in [-0.3, -0.25) is 4.79 Å². The Bertz CT molecular complexity index is 1090. The zero-order valence-corrected chi connectivity index (χ0v) is 23.9. The van der Waals surface area contributed by atoms with Gasteiger partial charge in [-0.25, -0.2) is 4.39 Å². The molecule has 0 saturated heterocycles. The normalized spacial score (nSPS) is 42.7. The lowest BCUT2D eigenvalue weighted by Crippen LogP contribution is -2.58. The van der Waals surface area contributed by atoms with Crippen LogP contribution in [0.1, 0.15) is 96.1 Å². The maximum Gasteiger partial charge on any atom is 0.227 e. The van der Waals surface area contributed by atoms with Crippen LogP contribution in [-0.2, 0) is 11.2 Å². The van der Waals surface area contributed by atoms with Gasteiger partial charge in [0.05, 0.1) is 12.2 Å². The Morgan fingerprint density at radius 3 is 2.68 bits per heavy atom. The monoisotopic (exact) mass is 525 g/mol. The second-order valence-electron chi connectivity index (χ2n) is 14.4. The van der Waals surface area contributed by atoms with Gasteiger partial charge >= 0.3 is 0 Å². The molecular weight excluding hydrogens is 477 g/mol. The SMILES string of the molecule is Cc1cc2c(cc1F)N(C(=O)CC[C@@H](C)[C@H]1CC[C@H]3[C@@H]4CC[C@@H]5C[C@H](O)CC[C@]5(C)[C@H]4C[C@H](O)[C@]13C)CC2. The number of amides is 1. The van der Waals surface area contributed by atoms with E-state index in [1.165, 1.54) is 19.3 Å². The maximum atomic E-state index is 14.2. The third kappa shape index (κ3) is 4.00. The Morgan fingerprint density at radius 1 is 1.11 bits per heavy atom. The van der Waals surface area contributed by atoms with Crippen LogP contribution in [0.15, 0.2) is 12.1 Å². The second kappa shape index (κ2) is 9.58. The summed E-state index contributed by atoms with van der Waals surface area (Å²) >= 11 is 0. The number of halogens is 1. The predicted molar refractivity (Wildman–Crippen MR) is 148 cm³/mol. The van der Waals surface area contributed by atoms with E-state index >= 15 is 0 Å². The van der Waals surface area contributed by atoms with Crippen LogP contribution >= 0.6 is 0 Å². The fraction of sp³-hybridized carbons (Fsp3) is 0.788. The molecule has 1 amide bonds. The van der Waals surface area contributed by atoms with Gasteiger partial charge in [0.25, 0.3) is 0 Å². The zero-order valence-electron chi connectivity index (χ0n) is 23.9. The Morgan fingerprint density at radius 2 is 1.89 bits per heavy atom. The van der Waals surface area contributed by atoms with Crippen LogP contribution < -0.4 is 4.90 Å². The quantitative estimate of drug-likeness (QED) is 0.476. The number of benzene rings is 1. The lowest BCUT2D eigenvalue weighted by molar-refractivity contribution is -0.174. The first-order valence-electron chi connectivity index (χ1n) is 15.5. The summed E-state index contributed by atoms with van der Waals surface area (Å²) in [7, 11) is 0. The molecule has 0 radical (unpaired) electrons. The maximum absolute atomic E-state index is 14.2. The van der Waals surface area contributed by atoms with Gasteiger partial charge in [-0.05, 0) is 135 Å². The molecule has 1 heterocycles. The van der Waals surface area contributed by atoms with Crippen molar-refractivity contribution >= 4 is 11.6 Å². The fourth-order valence-corrected chi connectivity index (χ4v) is 10.6. The molecule has 2 N–H and O–H groups in total. The van der Waals surface area contributed by atoms with Crippen LogP contribution in [0.3, 0.4) is 0 Å². The van der Waals surface area contributed by atoms with Gasteiger partial charge in [0.15, 0.2) is 0 Å². The van der Waals surface area contributed by atoms with Crippen molar-refractivity contribution in [3.05, 3.63) is 29.1 Å². The Balaban J connectivity index is 1.14. The van der Waals surface area contributed by atoms with Crippen molar-refractivity contribution in [1.82, 2.24) is 0 Å². The minimum Gasteiger partial charge on any atom is -0.393 e. The Hall–Kier alpha value is -1.46. The largest absolute Gasteiger partial charge is 0.393 e. The lowest BCUT2D eigenvalue weighted by Gasteiger charge is -2.62. The second-order valence-corrected chi connectivity index (χ2v) is 14.4. The molecule has 0 bridgehead atoms. The minimum atomic E-state index is -0.293. The van der Waals surface area contributed by atoms with E-state index in [0.717, 1.165) is 56.2 Å². The molecule has 10 atom stereocenters. The van der Waals surface area contributed by atoms with Gasteiger partial charge in [-0.15, -0.1) is 0 Å². The van der Waals surface area contributed by atoms with Crippen LogP contribution in [0.2, 0.25) is 0 Å². The van der Waals surface area contributed by atoms with Gasteiger partial charge < -0.3 is 15.1 Å². The Labute approximate surface area is 228 Å². The molecule has 1 aliphatic heterocycles. The highest BCUT2D eigenvalue weighted by atomic mass is 19.1.